The van der Waals surface area contributed by atoms with Crippen molar-refractivity contribution in [1.82, 2.24) is 0 Å². The second kappa shape index (κ2) is 9.17. The molecule has 148 valence electrons. The Morgan fingerprint density at radius 2 is 1.75 bits per heavy atom. The third-order valence-corrected chi connectivity index (χ3v) is 4.45. The van der Waals surface area contributed by atoms with Crippen molar-refractivity contribution in [1.29, 1.82) is 0 Å². The van der Waals surface area contributed by atoms with E-state index in [2.05, 4.69) is 5.32 Å². The molecule has 0 saturated carbocycles. The van der Waals surface area contributed by atoms with Crippen LogP contribution in [0.4, 0.5) is 11.4 Å². The molecule has 0 aromatic heterocycles. The van der Waals surface area contributed by atoms with E-state index in [-0.39, 0.29) is 23.9 Å². The zero-order valence-corrected chi connectivity index (χ0v) is 16.9. The fourth-order valence-corrected chi connectivity index (χ4v) is 3.08. The summed E-state index contributed by atoms with van der Waals surface area (Å²) in [6.07, 6.45) is 0. The van der Waals surface area contributed by atoms with Crippen LogP contribution in [-0.2, 0) is 14.3 Å². The molecule has 0 radical (unpaired) electrons. The lowest BCUT2D eigenvalue weighted by Crippen LogP contribution is -2.38. The van der Waals surface area contributed by atoms with Gasteiger partial charge in [0.2, 0.25) is 11.8 Å². The minimum Gasteiger partial charge on any atom is -0.465 e. The molecule has 0 atom stereocenters. The van der Waals surface area contributed by atoms with Crippen LogP contribution in [0.3, 0.4) is 0 Å². The van der Waals surface area contributed by atoms with Gasteiger partial charge in [-0.25, -0.2) is 4.79 Å². The highest BCUT2D eigenvalue weighted by atomic mass is 16.5. The molecule has 2 rings (SSSR count). The van der Waals surface area contributed by atoms with Crippen LogP contribution < -0.4 is 10.2 Å². The molecule has 2 amide bonds. The third-order valence-electron chi connectivity index (χ3n) is 4.45. The van der Waals surface area contributed by atoms with Crippen molar-refractivity contribution < 1.29 is 19.1 Å². The third kappa shape index (κ3) is 4.76. The first-order valence-electron chi connectivity index (χ1n) is 9.11. The summed E-state index contributed by atoms with van der Waals surface area (Å²) in [6.45, 7) is 7.29. The lowest BCUT2D eigenvalue weighted by molar-refractivity contribution is -0.120. The SMILES string of the molecule is COC(=O)c1ccccc1NC(=O)CN(C(C)=O)c1c(C)cccc1C(C)C. The number of ether oxygens (including phenoxy) is 1. The fraction of sp³-hybridized carbons (Fsp3) is 0.318. The van der Waals surface area contributed by atoms with Gasteiger partial charge in [-0.2, -0.15) is 0 Å². The number of carbonyl (C=O) groups excluding carboxylic acids is 3. The molecule has 28 heavy (non-hydrogen) atoms. The van der Waals surface area contributed by atoms with E-state index in [1.54, 1.807) is 24.3 Å². The van der Waals surface area contributed by atoms with Crippen molar-refractivity contribution in [3.8, 4) is 0 Å². The number of rotatable bonds is 6. The van der Waals surface area contributed by atoms with Gasteiger partial charge in [-0.05, 0) is 36.1 Å². The predicted molar refractivity (Wildman–Crippen MR) is 110 cm³/mol. The van der Waals surface area contributed by atoms with Crippen molar-refractivity contribution in [3.05, 3.63) is 59.2 Å². The Labute approximate surface area is 165 Å². The first kappa shape index (κ1) is 21.2. The summed E-state index contributed by atoms with van der Waals surface area (Å²) in [4.78, 5) is 38.4. The lowest BCUT2D eigenvalue weighted by Gasteiger charge is -2.27. The van der Waals surface area contributed by atoms with Gasteiger partial charge in [0.15, 0.2) is 0 Å². The standard InChI is InChI=1S/C22H26N2O4/c1-14(2)17-11-8-9-15(3)21(17)24(16(4)25)13-20(26)23-19-12-7-6-10-18(19)22(27)28-5/h6-12,14H,13H2,1-5H3,(H,23,26). The van der Waals surface area contributed by atoms with Crippen molar-refractivity contribution in [3.63, 3.8) is 0 Å². The van der Waals surface area contributed by atoms with E-state index in [1.165, 1.54) is 18.9 Å². The average molecular weight is 382 g/mol. The van der Waals surface area contributed by atoms with E-state index in [0.29, 0.717) is 5.69 Å². The molecule has 2 aromatic rings. The van der Waals surface area contributed by atoms with Crippen LogP contribution in [-0.4, -0.2) is 31.4 Å². The van der Waals surface area contributed by atoms with Crippen LogP contribution in [0.1, 0.15) is 48.2 Å². The van der Waals surface area contributed by atoms with Crippen LogP contribution >= 0.6 is 0 Å². The van der Waals surface area contributed by atoms with Crippen LogP contribution in [0.15, 0.2) is 42.5 Å². The van der Waals surface area contributed by atoms with Crippen LogP contribution in [0, 0.1) is 6.92 Å². The molecule has 0 unspecified atom stereocenters. The summed E-state index contributed by atoms with van der Waals surface area (Å²) in [5.74, 6) is -0.975. The Bertz CT molecular complexity index is 890. The average Bonchev–Trinajstić information content (AvgIpc) is 2.65. The largest absolute Gasteiger partial charge is 0.465 e. The molecule has 0 spiro atoms. The van der Waals surface area contributed by atoms with Crippen LogP contribution in [0.5, 0.6) is 0 Å². The normalized spacial score (nSPS) is 10.5. The maximum Gasteiger partial charge on any atom is 0.339 e. The van der Waals surface area contributed by atoms with Crippen molar-refractivity contribution in [2.75, 3.05) is 23.9 Å². The second-order valence-corrected chi connectivity index (χ2v) is 6.86. The molecule has 0 fully saturated rings. The summed E-state index contributed by atoms with van der Waals surface area (Å²) in [7, 11) is 1.28. The summed E-state index contributed by atoms with van der Waals surface area (Å²) in [5, 5.41) is 2.72. The zero-order valence-electron chi connectivity index (χ0n) is 16.9. The molecule has 0 aliphatic rings. The monoisotopic (exact) mass is 382 g/mol. The molecule has 6 nitrogen and oxygen atoms in total. The molecule has 0 heterocycles. The van der Waals surface area contributed by atoms with Gasteiger partial charge < -0.3 is 15.0 Å². The Kier molecular flexibility index (Phi) is 6.93. The Balaban J connectivity index is 2.32. The molecule has 0 saturated heterocycles. The van der Waals surface area contributed by atoms with E-state index < -0.39 is 11.9 Å². The first-order valence-corrected chi connectivity index (χ1v) is 9.11. The lowest BCUT2D eigenvalue weighted by atomic mass is 9.97. The second-order valence-electron chi connectivity index (χ2n) is 6.86. The van der Waals surface area contributed by atoms with Gasteiger partial charge in [0.25, 0.3) is 0 Å². The number of hydrogen-bond donors (Lipinski definition) is 1. The van der Waals surface area contributed by atoms with Gasteiger partial charge in [-0.1, -0.05) is 44.2 Å². The predicted octanol–water partition coefficient (Wildman–Crippen LogP) is 3.90. The topological polar surface area (TPSA) is 75.7 Å². The highest BCUT2D eigenvalue weighted by Crippen LogP contribution is 2.31. The van der Waals surface area contributed by atoms with Crippen molar-refractivity contribution >= 4 is 29.2 Å². The highest BCUT2D eigenvalue weighted by Gasteiger charge is 2.22. The quantitative estimate of drug-likeness (QED) is 0.769. The molecule has 2 aromatic carbocycles. The van der Waals surface area contributed by atoms with Crippen molar-refractivity contribution in [2.24, 2.45) is 0 Å². The van der Waals surface area contributed by atoms with E-state index in [9.17, 15) is 14.4 Å². The number of nitrogens with zero attached hydrogens (tertiary/aromatic N) is 1. The molecule has 1 N–H and O–H groups in total. The number of hydrogen-bond acceptors (Lipinski definition) is 4. The number of methoxy groups -OCH3 is 1. The van der Waals surface area contributed by atoms with Gasteiger partial charge in [0.1, 0.15) is 6.54 Å². The van der Waals surface area contributed by atoms with Gasteiger partial charge >= 0.3 is 5.97 Å². The molecule has 6 heteroatoms. The number of carbonyl (C=O) groups is 3. The number of para-hydroxylation sites is 2. The number of nitrogens with one attached hydrogen (secondary N) is 1. The van der Waals surface area contributed by atoms with Gasteiger partial charge in [-0.15, -0.1) is 0 Å². The molecule has 0 aliphatic carbocycles. The minimum absolute atomic E-state index is 0.157. The first-order chi connectivity index (χ1) is 13.3. The minimum atomic E-state index is -0.541. The van der Waals surface area contributed by atoms with Gasteiger partial charge in [0, 0.05) is 6.92 Å². The van der Waals surface area contributed by atoms with Gasteiger partial charge in [0.05, 0.1) is 24.0 Å². The van der Waals surface area contributed by atoms with E-state index in [0.717, 1.165) is 16.8 Å². The molecular formula is C22H26N2O4. The number of aryl methyl sites for hydroxylation is 1. The summed E-state index contributed by atoms with van der Waals surface area (Å²) < 4.78 is 4.75. The van der Waals surface area contributed by atoms with Crippen LogP contribution in [0.2, 0.25) is 0 Å². The summed E-state index contributed by atoms with van der Waals surface area (Å²) >= 11 is 0. The Hall–Kier alpha value is -3.15. The number of benzene rings is 2. The van der Waals surface area contributed by atoms with Gasteiger partial charge in [-0.3, -0.25) is 9.59 Å². The smallest absolute Gasteiger partial charge is 0.339 e. The Morgan fingerprint density at radius 1 is 1.07 bits per heavy atom. The Morgan fingerprint density at radius 3 is 2.36 bits per heavy atom. The van der Waals surface area contributed by atoms with E-state index in [1.807, 2.05) is 39.0 Å². The molecule has 0 aliphatic heterocycles. The van der Waals surface area contributed by atoms with Crippen molar-refractivity contribution in [2.45, 2.75) is 33.6 Å². The number of esters is 1. The van der Waals surface area contributed by atoms with E-state index in [4.69, 9.17) is 4.74 Å². The molecular weight excluding hydrogens is 356 g/mol. The maximum absolute atomic E-state index is 12.7. The number of amides is 2. The fourth-order valence-electron chi connectivity index (χ4n) is 3.08. The maximum atomic E-state index is 12.7. The molecule has 0 bridgehead atoms. The summed E-state index contributed by atoms with van der Waals surface area (Å²) in [5.41, 5.74) is 3.27. The van der Waals surface area contributed by atoms with Crippen LogP contribution in [0.25, 0.3) is 0 Å². The summed E-state index contributed by atoms with van der Waals surface area (Å²) in [6, 6.07) is 12.4. The number of anilines is 2. The van der Waals surface area contributed by atoms with E-state index >= 15 is 0 Å². The highest BCUT2D eigenvalue weighted by molar-refractivity contribution is 6.05. The zero-order chi connectivity index (χ0) is 20.8.